The van der Waals surface area contributed by atoms with E-state index in [0.29, 0.717) is 16.3 Å². The minimum Gasteiger partial charge on any atom is -0.452 e. The van der Waals surface area contributed by atoms with Crippen LogP contribution in [0.1, 0.15) is 37.5 Å². The zero-order chi connectivity index (χ0) is 19.7. The number of nitrogens with zero attached hydrogens (tertiary/aromatic N) is 2. The van der Waals surface area contributed by atoms with Crippen molar-refractivity contribution >= 4 is 22.5 Å². The standard InChI is InChI=1S/C21H20N2O4/c1-12-9-13(2)18(14(3)10-12)17(24)11-27-21(26)19-15-7-5-6-8-16(15)20(25)23(4)22-19/h5-10H,11H2,1-4H3. The third kappa shape index (κ3) is 3.51. The number of hydrogen-bond donors (Lipinski definition) is 0. The lowest BCUT2D eigenvalue weighted by atomic mass is 9.97. The average Bonchev–Trinajstić information content (AvgIpc) is 2.62. The molecule has 0 atom stereocenters. The van der Waals surface area contributed by atoms with E-state index in [0.717, 1.165) is 21.4 Å². The number of fused-ring (bicyclic) bond motifs is 1. The van der Waals surface area contributed by atoms with Gasteiger partial charge in [-0.3, -0.25) is 9.59 Å². The molecule has 1 heterocycles. The Morgan fingerprint density at radius 1 is 1.04 bits per heavy atom. The molecule has 6 heteroatoms. The molecule has 27 heavy (non-hydrogen) atoms. The summed E-state index contributed by atoms with van der Waals surface area (Å²) in [5.74, 6) is -1.01. The maximum absolute atomic E-state index is 12.6. The van der Waals surface area contributed by atoms with Crippen LogP contribution in [0.4, 0.5) is 0 Å². The lowest BCUT2D eigenvalue weighted by Gasteiger charge is -2.11. The predicted molar refractivity (Wildman–Crippen MR) is 102 cm³/mol. The average molecular weight is 364 g/mol. The molecule has 3 rings (SSSR count). The van der Waals surface area contributed by atoms with Crippen molar-refractivity contribution in [3.63, 3.8) is 0 Å². The number of rotatable bonds is 4. The van der Waals surface area contributed by atoms with Crippen molar-refractivity contribution in [2.45, 2.75) is 20.8 Å². The summed E-state index contributed by atoms with van der Waals surface area (Å²) in [7, 11) is 1.47. The SMILES string of the molecule is Cc1cc(C)c(C(=O)COC(=O)c2nn(C)c(=O)c3ccccc23)c(C)c1. The maximum atomic E-state index is 12.6. The van der Waals surface area contributed by atoms with E-state index in [4.69, 9.17) is 4.74 Å². The summed E-state index contributed by atoms with van der Waals surface area (Å²) in [5, 5.41) is 4.79. The molecule has 0 bridgehead atoms. The van der Waals surface area contributed by atoms with E-state index in [9.17, 15) is 14.4 Å². The molecular formula is C21H20N2O4. The van der Waals surface area contributed by atoms with Gasteiger partial charge in [0.25, 0.3) is 5.56 Å². The summed E-state index contributed by atoms with van der Waals surface area (Å²) in [6.45, 7) is 5.29. The monoisotopic (exact) mass is 364 g/mol. The molecule has 3 aromatic rings. The van der Waals surface area contributed by atoms with Crippen molar-refractivity contribution < 1.29 is 14.3 Å². The molecule has 0 aliphatic heterocycles. The molecule has 0 N–H and O–H groups in total. The maximum Gasteiger partial charge on any atom is 0.359 e. The molecule has 0 saturated carbocycles. The molecule has 0 radical (unpaired) electrons. The summed E-state index contributed by atoms with van der Waals surface area (Å²) in [4.78, 5) is 37.2. The topological polar surface area (TPSA) is 78.3 Å². The number of carbonyl (C=O) groups is 2. The number of Topliss-reactive ketones (excluding diaryl/α,β-unsaturated/α-hetero) is 1. The fourth-order valence-electron chi connectivity index (χ4n) is 3.34. The first-order chi connectivity index (χ1) is 12.8. The van der Waals surface area contributed by atoms with E-state index in [2.05, 4.69) is 5.10 Å². The zero-order valence-corrected chi connectivity index (χ0v) is 15.7. The van der Waals surface area contributed by atoms with Crippen molar-refractivity contribution in [2.75, 3.05) is 6.61 Å². The van der Waals surface area contributed by atoms with Gasteiger partial charge >= 0.3 is 5.97 Å². The first-order valence-electron chi connectivity index (χ1n) is 8.54. The van der Waals surface area contributed by atoms with Gasteiger partial charge in [0.15, 0.2) is 12.3 Å². The number of ether oxygens (including phenoxy) is 1. The van der Waals surface area contributed by atoms with Crippen LogP contribution in [-0.2, 0) is 11.8 Å². The number of aromatic nitrogens is 2. The highest BCUT2D eigenvalue weighted by Gasteiger charge is 2.20. The first-order valence-corrected chi connectivity index (χ1v) is 8.54. The Hall–Kier alpha value is -3.28. The third-order valence-electron chi connectivity index (χ3n) is 4.44. The van der Waals surface area contributed by atoms with Crippen LogP contribution in [0.3, 0.4) is 0 Å². The van der Waals surface area contributed by atoms with E-state index in [1.807, 2.05) is 32.9 Å². The molecule has 138 valence electrons. The zero-order valence-electron chi connectivity index (χ0n) is 15.7. The Kier molecular flexibility index (Phi) is 4.90. The van der Waals surface area contributed by atoms with Gasteiger partial charge in [-0.05, 0) is 38.0 Å². The molecular weight excluding hydrogens is 344 g/mol. The molecule has 0 unspecified atom stereocenters. The largest absolute Gasteiger partial charge is 0.452 e. The first kappa shape index (κ1) is 18.5. The highest BCUT2D eigenvalue weighted by molar-refractivity contribution is 6.04. The Morgan fingerprint density at radius 2 is 1.63 bits per heavy atom. The van der Waals surface area contributed by atoms with E-state index < -0.39 is 5.97 Å². The van der Waals surface area contributed by atoms with Crippen molar-refractivity contribution in [1.82, 2.24) is 9.78 Å². The molecule has 0 amide bonds. The highest BCUT2D eigenvalue weighted by atomic mass is 16.5. The highest BCUT2D eigenvalue weighted by Crippen LogP contribution is 2.18. The lowest BCUT2D eigenvalue weighted by molar-refractivity contribution is 0.0468. The Bertz CT molecular complexity index is 1110. The summed E-state index contributed by atoms with van der Waals surface area (Å²) >= 11 is 0. The van der Waals surface area contributed by atoms with Crippen molar-refractivity contribution in [3.05, 3.63) is 74.7 Å². The van der Waals surface area contributed by atoms with E-state index in [1.54, 1.807) is 24.3 Å². The van der Waals surface area contributed by atoms with Crippen LogP contribution in [-0.4, -0.2) is 28.1 Å². The van der Waals surface area contributed by atoms with Gasteiger partial charge in [-0.25, -0.2) is 9.48 Å². The summed E-state index contributed by atoms with van der Waals surface area (Å²) in [6.07, 6.45) is 0. The normalized spacial score (nSPS) is 10.8. The molecule has 2 aromatic carbocycles. The minimum atomic E-state index is -0.738. The van der Waals surface area contributed by atoms with E-state index in [1.165, 1.54) is 7.05 Å². The van der Waals surface area contributed by atoms with E-state index in [-0.39, 0.29) is 23.6 Å². The summed E-state index contributed by atoms with van der Waals surface area (Å²) in [6, 6.07) is 10.5. The van der Waals surface area contributed by atoms with Gasteiger partial charge in [0.05, 0.1) is 5.39 Å². The second-order valence-corrected chi connectivity index (χ2v) is 6.60. The lowest BCUT2D eigenvalue weighted by Crippen LogP contribution is -2.25. The van der Waals surface area contributed by atoms with Gasteiger partial charge in [-0.15, -0.1) is 0 Å². The smallest absolute Gasteiger partial charge is 0.359 e. The van der Waals surface area contributed by atoms with Crippen molar-refractivity contribution in [1.29, 1.82) is 0 Å². The number of aryl methyl sites for hydroxylation is 4. The van der Waals surface area contributed by atoms with Gasteiger partial charge in [-0.2, -0.15) is 5.10 Å². The molecule has 1 aromatic heterocycles. The van der Waals surface area contributed by atoms with Crippen LogP contribution < -0.4 is 5.56 Å². The molecule has 6 nitrogen and oxygen atoms in total. The Morgan fingerprint density at radius 3 is 2.26 bits per heavy atom. The van der Waals surface area contributed by atoms with Crippen molar-refractivity contribution in [2.24, 2.45) is 7.05 Å². The van der Waals surface area contributed by atoms with Crippen LogP contribution in [0.15, 0.2) is 41.2 Å². The number of ketones is 1. The number of benzene rings is 2. The Labute approximate surface area is 156 Å². The van der Waals surface area contributed by atoms with Gasteiger partial charge in [0.2, 0.25) is 5.78 Å². The molecule has 0 spiro atoms. The van der Waals surface area contributed by atoms with Gasteiger partial charge in [0, 0.05) is 18.0 Å². The molecule has 0 saturated heterocycles. The van der Waals surface area contributed by atoms with E-state index >= 15 is 0 Å². The summed E-state index contributed by atoms with van der Waals surface area (Å²) in [5.41, 5.74) is 3.03. The van der Waals surface area contributed by atoms with Gasteiger partial charge < -0.3 is 4.74 Å². The fraction of sp³-hybridized carbons (Fsp3) is 0.238. The number of carbonyl (C=O) groups excluding carboxylic acids is 2. The van der Waals surface area contributed by atoms with Crippen LogP contribution in [0.25, 0.3) is 10.8 Å². The fourth-order valence-corrected chi connectivity index (χ4v) is 3.34. The van der Waals surface area contributed by atoms with Gasteiger partial charge in [-0.1, -0.05) is 35.9 Å². The van der Waals surface area contributed by atoms with Crippen molar-refractivity contribution in [3.8, 4) is 0 Å². The van der Waals surface area contributed by atoms with Gasteiger partial charge in [0.1, 0.15) is 0 Å². The van der Waals surface area contributed by atoms with Crippen LogP contribution in [0, 0.1) is 20.8 Å². The number of hydrogen-bond acceptors (Lipinski definition) is 5. The van der Waals surface area contributed by atoms with Crippen LogP contribution in [0.2, 0.25) is 0 Å². The molecule has 0 aliphatic rings. The number of esters is 1. The van der Waals surface area contributed by atoms with Crippen LogP contribution in [0.5, 0.6) is 0 Å². The quantitative estimate of drug-likeness (QED) is 0.525. The Balaban J connectivity index is 1.87. The minimum absolute atomic E-state index is 0.0119. The second-order valence-electron chi connectivity index (χ2n) is 6.60. The predicted octanol–water partition coefficient (Wildman–Crippen LogP) is 2.90. The summed E-state index contributed by atoms with van der Waals surface area (Å²) < 4.78 is 6.31. The third-order valence-corrected chi connectivity index (χ3v) is 4.44. The second kappa shape index (κ2) is 7.15. The molecule has 0 aliphatic carbocycles. The molecule has 0 fully saturated rings. The van der Waals surface area contributed by atoms with Crippen LogP contribution >= 0.6 is 0 Å².